The van der Waals surface area contributed by atoms with Crippen LogP contribution in [-0.4, -0.2) is 19.7 Å². The van der Waals surface area contributed by atoms with Crippen molar-refractivity contribution in [2.45, 2.75) is 4.90 Å². The van der Waals surface area contributed by atoms with Crippen molar-refractivity contribution in [2.75, 3.05) is 6.26 Å². The van der Waals surface area contributed by atoms with E-state index in [1.807, 2.05) is 6.07 Å². The van der Waals surface area contributed by atoms with E-state index in [2.05, 4.69) is 16.8 Å². The van der Waals surface area contributed by atoms with Gasteiger partial charge in [-0.15, -0.1) is 0 Å². The van der Waals surface area contributed by atoms with Crippen LogP contribution < -0.4 is 5.43 Å². The van der Waals surface area contributed by atoms with E-state index in [1.165, 1.54) is 18.2 Å². The van der Waals surface area contributed by atoms with Gasteiger partial charge in [0.2, 0.25) is 0 Å². The minimum absolute atomic E-state index is 0.0104. The third-order valence-corrected chi connectivity index (χ3v) is 6.49. The predicted molar refractivity (Wildman–Crippen MR) is 125 cm³/mol. The molecule has 9 heteroatoms. The summed E-state index contributed by atoms with van der Waals surface area (Å²) in [4.78, 5) is 15.4. The summed E-state index contributed by atoms with van der Waals surface area (Å²) in [6, 6.07) is 14.2. The highest BCUT2D eigenvalue weighted by Gasteiger charge is 2.20. The van der Waals surface area contributed by atoms with Gasteiger partial charge in [-0.2, -0.15) is 5.26 Å². The van der Waals surface area contributed by atoms with Crippen LogP contribution in [0.1, 0.15) is 16.7 Å². The van der Waals surface area contributed by atoms with Crippen LogP contribution >= 0.6 is 11.6 Å². The number of hydrogen-bond donors (Lipinski definition) is 1. The largest absolute Gasteiger partial charge is 0.354 e. The van der Waals surface area contributed by atoms with Crippen LogP contribution in [0, 0.1) is 34.8 Å². The summed E-state index contributed by atoms with van der Waals surface area (Å²) in [7, 11) is -3.74. The topological polar surface area (TPSA) is 90.8 Å². The lowest BCUT2D eigenvalue weighted by Crippen LogP contribution is -2.09. The molecule has 0 amide bonds. The van der Waals surface area contributed by atoms with Crippen LogP contribution in [0.4, 0.5) is 8.78 Å². The van der Waals surface area contributed by atoms with Crippen molar-refractivity contribution in [2.24, 2.45) is 0 Å². The molecule has 0 saturated heterocycles. The second-order valence-corrected chi connectivity index (χ2v) is 9.73. The van der Waals surface area contributed by atoms with Crippen LogP contribution in [0.25, 0.3) is 22.2 Å². The Kier molecular flexibility index (Phi) is 5.97. The molecule has 0 unspecified atom stereocenters. The van der Waals surface area contributed by atoms with E-state index < -0.39 is 37.9 Å². The second kappa shape index (κ2) is 8.75. The standard InChI is InChI=1S/C25H13ClF2N2O3S/c1-34(32,33)23-9-6-14(13-29)10-17(23)20-12-22(31)24-21(30-20)11-19(27)16(25(24)28)8-7-15-4-2-3-5-18(15)26/h2-6,9-12H,1H3,(H,30,31). The summed E-state index contributed by atoms with van der Waals surface area (Å²) in [6.07, 6.45) is 0.973. The van der Waals surface area contributed by atoms with Crippen LogP contribution in [0.5, 0.6) is 0 Å². The number of aromatic amines is 1. The number of benzene rings is 3. The smallest absolute Gasteiger partial charge is 0.193 e. The molecule has 0 aliphatic rings. The highest BCUT2D eigenvalue weighted by atomic mass is 35.5. The number of sulfone groups is 1. The van der Waals surface area contributed by atoms with E-state index in [0.29, 0.717) is 10.6 Å². The van der Waals surface area contributed by atoms with E-state index in [0.717, 1.165) is 18.4 Å². The maximum Gasteiger partial charge on any atom is 0.193 e. The molecule has 3 aromatic carbocycles. The quantitative estimate of drug-likeness (QED) is 0.405. The number of fused-ring (bicyclic) bond motifs is 1. The summed E-state index contributed by atoms with van der Waals surface area (Å²) in [5.74, 6) is 2.82. The molecule has 0 aliphatic carbocycles. The predicted octanol–water partition coefficient (Wildman–Crippen LogP) is 4.80. The molecule has 0 radical (unpaired) electrons. The highest BCUT2D eigenvalue weighted by Crippen LogP contribution is 2.29. The maximum absolute atomic E-state index is 15.2. The summed E-state index contributed by atoms with van der Waals surface area (Å²) in [5.41, 5.74) is -1.09. The van der Waals surface area contributed by atoms with Gasteiger partial charge in [-0.1, -0.05) is 35.6 Å². The van der Waals surface area contributed by atoms with Crippen molar-refractivity contribution in [3.05, 3.63) is 98.2 Å². The Hall–Kier alpha value is -3.98. The average molecular weight is 495 g/mol. The van der Waals surface area contributed by atoms with Gasteiger partial charge in [0, 0.05) is 23.4 Å². The lowest BCUT2D eigenvalue weighted by molar-refractivity contribution is 0.585. The van der Waals surface area contributed by atoms with E-state index in [1.54, 1.807) is 24.3 Å². The van der Waals surface area contributed by atoms with Crippen molar-refractivity contribution >= 4 is 32.3 Å². The van der Waals surface area contributed by atoms with E-state index in [4.69, 9.17) is 11.6 Å². The van der Waals surface area contributed by atoms with Crippen LogP contribution in [0.3, 0.4) is 0 Å². The Morgan fingerprint density at radius 2 is 1.76 bits per heavy atom. The van der Waals surface area contributed by atoms with Gasteiger partial charge in [-0.25, -0.2) is 17.2 Å². The first-order valence-electron chi connectivity index (χ1n) is 9.66. The molecule has 0 fully saturated rings. The molecule has 1 N–H and O–H groups in total. The monoisotopic (exact) mass is 494 g/mol. The molecule has 0 aliphatic heterocycles. The molecule has 168 valence electrons. The lowest BCUT2D eigenvalue weighted by atomic mass is 10.0. The van der Waals surface area contributed by atoms with E-state index in [9.17, 15) is 22.9 Å². The fourth-order valence-corrected chi connectivity index (χ4v) is 4.50. The number of rotatable bonds is 2. The van der Waals surface area contributed by atoms with Crippen molar-refractivity contribution in [3.63, 3.8) is 0 Å². The van der Waals surface area contributed by atoms with Crippen LogP contribution in [0.2, 0.25) is 5.02 Å². The minimum Gasteiger partial charge on any atom is -0.354 e. The van der Waals surface area contributed by atoms with Gasteiger partial charge in [-0.05, 0) is 36.4 Å². The Morgan fingerprint density at radius 1 is 1.03 bits per heavy atom. The molecule has 1 heterocycles. The fourth-order valence-electron chi connectivity index (χ4n) is 3.43. The zero-order chi connectivity index (χ0) is 24.6. The zero-order valence-corrected chi connectivity index (χ0v) is 19.0. The third-order valence-electron chi connectivity index (χ3n) is 5.00. The van der Waals surface area contributed by atoms with Gasteiger partial charge >= 0.3 is 0 Å². The van der Waals surface area contributed by atoms with Gasteiger partial charge < -0.3 is 4.98 Å². The van der Waals surface area contributed by atoms with Gasteiger partial charge in [0.25, 0.3) is 0 Å². The Morgan fingerprint density at radius 3 is 2.44 bits per heavy atom. The van der Waals surface area contributed by atoms with Crippen LogP contribution in [-0.2, 0) is 9.84 Å². The molecule has 0 atom stereocenters. The molecule has 0 spiro atoms. The number of nitrogens with one attached hydrogen (secondary N) is 1. The number of pyridine rings is 1. The molecule has 34 heavy (non-hydrogen) atoms. The van der Waals surface area contributed by atoms with Crippen molar-refractivity contribution in [3.8, 4) is 29.2 Å². The average Bonchev–Trinajstić information content (AvgIpc) is 2.78. The lowest BCUT2D eigenvalue weighted by Gasteiger charge is -2.11. The summed E-state index contributed by atoms with van der Waals surface area (Å²) >= 11 is 6.02. The minimum atomic E-state index is -3.74. The van der Waals surface area contributed by atoms with Gasteiger partial charge in [0.05, 0.1) is 43.7 Å². The van der Waals surface area contributed by atoms with Crippen molar-refractivity contribution in [1.29, 1.82) is 5.26 Å². The molecule has 0 saturated carbocycles. The third kappa shape index (κ3) is 4.29. The number of aromatic nitrogens is 1. The first-order chi connectivity index (χ1) is 16.1. The second-order valence-electron chi connectivity index (χ2n) is 7.34. The fraction of sp³-hybridized carbons (Fsp3) is 0.0400. The number of H-pyrrole nitrogens is 1. The SMILES string of the molecule is CS(=O)(=O)c1ccc(C#N)cc1-c1cc(=O)c2c(F)c(C#Cc3ccccc3Cl)c(F)cc2[nH]1. The Labute approximate surface area is 198 Å². The highest BCUT2D eigenvalue weighted by molar-refractivity contribution is 7.90. The van der Waals surface area contributed by atoms with E-state index >= 15 is 4.39 Å². The van der Waals surface area contributed by atoms with Gasteiger partial charge in [0.1, 0.15) is 5.82 Å². The number of hydrogen-bond acceptors (Lipinski definition) is 4. The molecular weight excluding hydrogens is 482 g/mol. The van der Waals surface area contributed by atoms with Gasteiger partial charge in [-0.3, -0.25) is 4.79 Å². The molecule has 0 bridgehead atoms. The molecular formula is C25H13ClF2N2O3S. The van der Waals surface area contributed by atoms with Gasteiger partial charge in [0.15, 0.2) is 21.1 Å². The first-order valence-corrected chi connectivity index (χ1v) is 11.9. The normalized spacial score (nSPS) is 11.0. The Bertz CT molecular complexity index is 1760. The van der Waals surface area contributed by atoms with Crippen molar-refractivity contribution < 1.29 is 17.2 Å². The summed E-state index contributed by atoms with van der Waals surface area (Å²) < 4.78 is 54.4. The Balaban J connectivity index is 1.95. The number of nitriles is 1. The maximum atomic E-state index is 15.2. The molecule has 5 nitrogen and oxygen atoms in total. The summed E-state index contributed by atoms with van der Waals surface area (Å²) in [6.45, 7) is 0. The molecule has 1 aromatic heterocycles. The molecule has 4 aromatic rings. The number of nitrogens with zero attached hydrogens (tertiary/aromatic N) is 1. The van der Waals surface area contributed by atoms with Crippen molar-refractivity contribution in [1.82, 2.24) is 4.98 Å². The van der Waals surface area contributed by atoms with E-state index in [-0.39, 0.29) is 27.2 Å². The summed E-state index contributed by atoms with van der Waals surface area (Å²) in [5, 5.41) is 9.06. The number of halogens is 3. The first kappa shape index (κ1) is 23.2. The zero-order valence-electron chi connectivity index (χ0n) is 17.4. The molecule has 4 rings (SSSR count). The van der Waals surface area contributed by atoms with Crippen LogP contribution in [0.15, 0.2) is 64.3 Å².